The number of carbonyl (C=O) groups is 2. The van der Waals surface area contributed by atoms with Crippen LogP contribution in [0.1, 0.15) is 63.2 Å². The summed E-state index contributed by atoms with van der Waals surface area (Å²) in [7, 11) is 0. The van der Waals surface area contributed by atoms with Crippen molar-refractivity contribution in [2.24, 2.45) is 0 Å². The lowest BCUT2D eigenvalue weighted by Gasteiger charge is -2.35. The first-order chi connectivity index (χ1) is 16.1. The molecule has 33 heavy (non-hydrogen) atoms. The van der Waals surface area contributed by atoms with Crippen LogP contribution in [-0.4, -0.2) is 54.6 Å². The predicted molar refractivity (Wildman–Crippen MR) is 119 cm³/mol. The molecule has 0 radical (unpaired) electrons. The van der Waals surface area contributed by atoms with E-state index < -0.39 is 0 Å². The zero-order valence-corrected chi connectivity index (χ0v) is 18.1. The van der Waals surface area contributed by atoms with E-state index >= 15 is 0 Å². The molecule has 2 aliphatic rings. The third kappa shape index (κ3) is 4.13. The second kappa shape index (κ2) is 8.93. The largest absolute Gasteiger partial charge is 0.332 e. The monoisotopic (exact) mass is 444 g/mol. The summed E-state index contributed by atoms with van der Waals surface area (Å²) in [5.41, 5.74) is 1.94. The summed E-state index contributed by atoms with van der Waals surface area (Å²) in [6.45, 7) is 1.29. The summed E-state index contributed by atoms with van der Waals surface area (Å²) in [6, 6.07) is 8.27. The fourth-order valence-electron chi connectivity index (χ4n) is 4.56. The summed E-state index contributed by atoms with van der Waals surface area (Å²) in [5.74, 6) is 0.187. The molecular formula is C24H24N6O3. The number of aromatic nitrogens is 4. The molecule has 2 amide bonds. The Kier molecular flexibility index (Phi) is 5.68. The first-order valence-electron chi connectivity index (χ1n) is 11.1. The number of nitrogens with one attached hydrogen (secondary N) is 1. The third-order valence-electron chi connectivity index (χ3n) is 6.27. The molecule has 1 saturated heterocycles. The molecular weight excluding hydrogens is 420 g/mol. The first-order valence-corrected chi connectivity index (χ1v) is 11.1. The van der Waals surface area contributed by atoms with E-state index in [-0.39, 0.29) is 30.0 Å². The van der Waals surface area contributed by atoms with Gasteiger partial charge in [0.25, 0.3) is 17.4 Å². The van der Waals surface area contributed by atoms with Gasteiger partial charge in [-0.25, -0.2) is 4.98 Å². The second-order valence-electron chi connectivity index (χ2n) is 8.31. The summed E-state index contributed by atoms with van der Waals surface area (Å²) in [4.78, 5) is 58.2. The molecule has 0 unspecified atom stereocenters. The number of pyridine rings is 2. The molecule has 3 aromatic heterocycles. The summed E-state index contributed by atoms with van der Waals surface area (Å²) < 4.78 is 0. The van der Waals surface area contributed by atoms with Crippen LogP contribution in [0.3, 0.4) is 0 Å². The van der Waals surface area contributed by atoms with Crippen molar-refractivity contribution in [3.05, 3.63) is 87.6 Å². The van der Waals surface area contributed by atoms with Crippen LogP contribution in [0.25, 0.3) is 0 Å². The SMILES string of the molecule is O=C(c1ccncc1)N1CCc2c(nc([C@H]3CCCCN3C(=O)c3ccccn3)[nH]c2=O)C1. The minimum atomic E-state index is -0.336. The number of likely N-dealkylation sites (tertiary alicyclic amines) is 1. The van der Waals surface area contributed by atoms with E-state index in [1.165, 1.54) is 0 Å². The van der Waals surface area contributed by atoms with Gasteiger partial charge in [-0.2, -0.15) is 0 Å². The Hall–Kier alpha value is -3.88. The number of piperidine rings is 1. The fraction of sp³-hybridized carbons (Fsp3) is 0.333. The molecule has 1 atom stereocenters. The van der Waals surface area contributed by atoms with Crippen LogP contribution in [0.5, 0.6) is 0 Å². The molecule has 0 saturated carbocycles. The standard InChI is InChI=1S/C24H24N6O3/c31-22-17-9-14-29(23(32)16-7-11-25-12-8-16)15-19(17)27-21(28-22)20-6-2-4-13-30(20)24(33)18-5-1-3-10-26-18/h1,3,5,7-8,10-12,20H,2,4,6,9,13-15H2,(H,27,28,31)/t20-/m1/s1. The zero-order valence-electron chi connectivity index (χ0n) is 18.1. The van der Waals surface area contributed by atoms with Crippen LogP contribution in [0.15, 0.2) is 53.7 Å². The van der Waals surface area contributed by atoms with Gasteiger partial charge in [0.15, 0.2) is 0 Å². The van der Waals surface area contributed by atoms with E-state index in [2.05, 4.69) is 15.0 Å². The number of aromatic amines is 1. The van der Waals surface area contributed by atoms with Crippen molar-refractivity contribution in [1.29, 1.82) is 0 Å². The van der Waals surface area contributed by atoms with Gasteiger partial charge >= 0.3 is 0 Å². The number of amides is 2. The molecule has 168 valence electrons. The van der Waals surface area contributed by atoms with E-state index in [0.717, 1.165) is 12.8 Å². The van der Waals surface area contributed by atoms with Gasteiger partial charge in [-0.3, -0.25) is 24.4 Å². The zero-order chi connectivity index (χ0) is 22.8. The van der Waals surface area contributed by atoms with Gasteiger partial charge in [0.1, 0.15) is 11.5 Å². The van der Waals surface area contributed by atoms with Crippen molar-refractivity contribution in [3.8, 4) is 0 Å². The van der Waals surface area contributed by atoms with Gasteiger partial charge in [-0.05, 0) is 49.9 Å². The highest BCUT2D eigenvalue weighted by molar-refractivity contribution is 5.94. The molecule has 5 rings (SSSR count). The molecule has 1 N–H and O–H groups in total. The Labute approximate surface area is 190 Å². The van der Waals surface area contributed by atoms with Crippen LogP contribution >= 0.6 is 0 Å². The normalized spacial score (nSPS) is 18.0. The Bertz CT molecular complexity index is 1230. The summed E-state index contributed by atoms with van der Waals surface area (Å²) in [5, 5.41) is 0. The van der Waals surface area contributed by atoms with E-state index in [9.17, 15) is 14.4 Å². The topological polar surface area (TPSA) is 112 Å². The molecule has 0 aromatic carbocycles. The Morgan fingerprint density at radius 1 is 1.00 bits per heavy atom. The molecule has 5 heterocycles. The van der Waals surface area contributed by atoms with E-state index in [0.29, 0.717) is 54.3 Å². The number of nitrogens with zero attached hydrogens (tertiary/aromatic N) is 5. The smallest absolute Gasteiger partial charge is 0.273 e. The maximum absolute atomic E-state index is 13.1. The minimum absolute atomic E-state index is 0.115. The molecule has 0 bridgehead atoms. The van der Waals surface area contributed by atoms with Crippen LogP contribution < -0.4 is 5.56 Å². The average Bonchev–Trinajstić information content (AvgIpc) is 2.88. The van der Waals surface area contributed by atoms with Crippen molar-refractivity contribution in [2.45, 2.75) is 38.3 Å². The van der Waals surface area contributed by atoms with Crippen LogP contribution in [-0.2, 0) is 13.0 Å². The molecule has 3 aromatic rings. The average molecular weight is 444 g/mol. The van der Waals surface area contributed by atoms with Gasteiger partial charge < -0.3 is 14.8 Å². The Morgan fingerprint density at radius 3 is 2.64 bits per heavy atom. The van der Waals surface area contributed by atoms with Crippen molar-refractivity contribution in [3.63, 3.8) is 0 Å². The number of hydrogen-bond acceptors (Lipinski definition) is 6. The van der Waals surface area contributed by atoms with Gasteiger partial charge in [-0.15, -0.1) is 0 Å². The number of H-pyrrole nitrogens is 1. The van der Waals surface area contributed by atoms with E-state index in [1.807, 2.05) is 0 Å². The van der Waals surface area contributed by atoms with Gasteiger partial charge in [0, 0.05) is 42.8 Å². The third-order valence-corrected chi connectivity index (χ3v) is 6.27. The lowest BCUT2D eigenvalue weighted by atomic mass is 9.99. The Morgan fingerprint density at radius 2 is 1.85 bits per heavy atom. The molecule has 0 aliphatic carbocycles. The van der Waals surface area contributed by atoms with Crippen molar-refractivity contribution in [2.75, 3.05) is 13.1 Å². The maximum atomic E-state index is 13.1. The van der Waals surface area contributed by atoms with Gasteiger partial charge in [0.05, 0.1) is 18.3 Å². The predicted octanol–water partition coefficient (Wildman–Crippen LogP) is 2.13. The van der Waals surface area contributed by atoms with Crippen molar-refractivity contribution < 1.29 is 9.59 Å². The second-order valence-corrected chi connectivity index (χ2v) is 8.31. The molecule has 9 nitrogen and oxygen atoms in total. The quantitative estimate of drug-likeness (QED) is 0.662. The molecule has 0 spiro atoms. The Balaban J connectivity index is 1.44. The highest BCUT2D eigenvalue weighted by Gasteiger charge is 2.33. The molecule has 9 heteroatoms. The highest BCUT2D eigenvalue weighted by atomic mass is 16.2. The molecule has 1 fully saturated rings. The van der Waals surface area contributed by atoms with E-state index in [4.69, 9.17) is 4.98 Å². The van der Waals surface area contributed by atoms with Gasteiger partial charge in [0.2, 0.25) is 0 Å². The lowest BCUT2D eigenvalue weighted by Crippen LogP contribution is -2.42. The fourth-order valence-corrected chi connectivity index (χ4v) is 4.56. The van der Waals surface area contributed by atoms with Gasteiger partial charge in [-0.1, -0.05) is 6.07 Å². The van der Waals surface area contributed by atoms with E-state index in [1.54, 1.807) is 58.7 Å². The highest BCUT2D eigenvalue weighted by Crippen LogP contribution is 2.30. The number of fused-ring (bicyclic) bond motifs is 1. The van der Waals surface area contributed by atoms with Crippen LogP contribution in [0.4, 0.5) is 0 Å². The molecule has 2 aliphatic heterocycles. The van der Waals surface area contributed by atoms with Crippen LogP contribution in [0.2, 0.25) is 0 Å². The minimum Gasteiger partial charge on any atom is -0.332 e. The van der Waals surface area contributed by atoms with Crippen molar-refractivity contribution in [1.82, 2.24) is 29.7 Å². The summed E-state index contributed by atoms with van der Waals surface area (Å²) in [6.07, 6.45) is 7.74. The summed E-state index contributed by atoms with van der Waals surface area (Å²) >= 11 is 0. The van der Waals surface area contributed by atoms with Crippen molar-refractivity contribution >= 4 is 11.8 Å². The number of hydrogen-bond donors (Lipinski definition) is 1. The first kappa shape index (κ1) is 21.0. The number of rotatable bonds is 3. The lowest BCUT2D eigenvalue weighted by molar-refractivity contribution is 0.0592. The van der Waals surface area contributed by atoms with Crippen LogP contribution in [0, 0.1) is 0 Å². The number of carbonyl (C=O) groups excluding carboxylic acids is 2. The maximum Gasteiger partial charge on any atom is 0.273 e.